The van der Waals surface area contributed by atoms with E-state index in [9.17, 15) is 0 Å². The summed E-state index contributed by atoms with van der Waals surface area (Å²) in [4.78, 5) is 0. The number of methoxy groups -OCH3 is 1. The van der Waals surface area contributed by atoms with E-state index in [1.54, 1.807) is 7.11 Å². The summed E-state index contributed by atoms with van der Waals surface area (Å²) in [6, 6.07) is 0. The van der Waals surface area contributed by atoms with E-state index in [0.717, 1.165) is 45.2 Å². The molecule has 0 aliphatic heterocycles. The number of hydrogen-bond donors (Lipinski definition) is 1. The van der Waals surface area contributed by atoms with Crippen molar-refractivity contribution >= 4 is 0 Å². The molecule has 1 aliphatic rings. The van der Waals surface area contributed by atoms with Gasteiger partial charge in [0.2, 0.25) is 0 Å². The van der Waals surface area contributed by atoms with Crippen LogP contribution in [-0.2, 0) is 14.2 Å². The molecule has 0 bridgehead atoms. The van der Waals surface area contributed by atoms with Crippen LogP contribution in [0.25, 0.3) is 0 Å². The Morgan fingerprint density at radius 3 is 2.18 bits per heavy atom. The van der Waals surface area contributed by atoms with Gasteiger partial charge in [-0.15, -0.1) is 0 Å². The van der Waals surface area contributed by atoms with Crippen LogP contribution in [-0.4, -0.2) is 51.4 Å². The van der Waals surface area contributed by atoms with E-state index in [-0.39, 0.29) is 6.61 Å². The van der Waals surface area contributed by atoms with Gasteiger partial charge < -0.3 is 19.3 Å². The molecule has 1 fully saturated rings. The molecule has 1 N–H and O–H groups in total. The number of hydrogen-bond acceptors (Lipinski definition) is 4. The van der Waals surface area contributed by atoms with Crippen LogP contribution in [0.3, 0.4) is 0 Å². The van der Waals surface area contributed by atoms with E-state index in [4.69, 9.17) is 19.3 Å². The molecule has 132 valence electrons. The number of aliphatic hydroxyl groups is 1. The fourth-order valence-electron chi connectivity index (χ4n) is 2.98. The maximum atomic E-state index is 8.74. The lowest BCUT2D eigenvalue weighted by Gasteiger charge is -2.28. The van der Waals surface area contributed by atoms with Gasteiger partial charge in [-0.05, 0) is 57.3 Å². The Balaban J connectivity index is 1.86. The van der Waals surface area contributed by atoms with Crippen molar-refractivity contribution in [2.24, 2.45) is 5.92 Å². The molecule has 1 rings (SSSR count). The van der Waals surface area contributed by atoms with Crippen molar-refractivity contribution in [1.82, 2.24) is 0 Å². The minimum absolute atomic E-state index is 0.278. The third-order valence-corrected chi connectivity index (χ3v) is 4.44. The molecule has 0 saturated heterocycles. The maximum absolute atomic E-state index is 8.74. The minimum atomic E-state index is 0.278. The summed E-state index contributed by atoms with van der Waals surface area (Å²) in [5.74, 6) is 0.728. The smallest absolute Gasteiger partial charge is 0.0575 e. The molecule has 0 radical (unpaired) electrons. The van der Waals surface area contributed by atoms with Gasteiger partial charge in [-0.2, -0.15) is 0 Å². The highest BCUT2D eigenvalue weighted by Gasteiger charge is 2.21. The van der Waals surface area contributed by atoms with E-state index in [0.29, 0.717) is 6.10 Å². The van der Waals surface area contributed by atoms with Crippen molar-refractivity contribution in [3.05, 3.63) is 0 Å². The van der Waals surface area contributed by atoms with Crippen molar-refractivity contribution in [3.63, 3.8) is 0 Å². The standard InChI is InChI=1S/C18H36O4/c1-20-13-5-2-3-6-14-21-16-17-8-10-18(11-9-17)22-15-7-4-12-19/h17-19H,2-16H2,1H3. The van der Waals surface area contributed by atoms with E-state index in [1.165, 1.54) is 51.4 Å². The fourth-order valence-corrected chi connectivity index (χ4v) is 2.98. The van der Waals surface area contributed by atoms with Gasteiger partial charge >= 0.3 is 0 Å². The van der Waals surface area contributed by atoms with Gasteiger partial charge in [-0.25, -0.2) is 0 Å². The summed E-state index contributed by atoms with van der Waals surface area (Å²) < 4.78 is 16.7. The first-order valence-electron chi connectivity index (χ1n) is 9.16. The number of ether oxygens (including phenoxy) is 3. The summed E-state index contributed by atoms with van der Waals surface area (Å²) in [6.07, 6.45) is 11.9. The molecule has 0 aromatic rings. The highest BCUT2D eigenvalue weighted by Crippen LogP contribution is 2.26. The van der Waals surface area contributed by atoms with Crippen molar-refractivity contribution in [1.29, 1.82) is 0 Å². The quantitative estimate of drug-likeness (QED) is 0.498. The zero-order chi connectivity index (χ0) is 15.9. The van der Waals surface area contributed by atoms with Crippen LogP contribution in [0.2, 0.25) is 0 Å². The molecule has 0 heterocycles. The molecule has 0 aromatic heterocycles. The normalized spacial score (nSPS) is 22.1. The third kappa shape index (κ3) is 10.5. The first-order valence-corrected chi connectivity index (χ1v) is 9.16. The van der Waals surface area contributed by atoms with Crippen LogP contribution in [0.15, 0.2) is 0 Å². The molecule has 22 heavy (non-hydrogen) atoms. The summed E-state index contributed by atoms with van der Waals surface area (Å²) in [5, 5.41) is 8.74. The van der Waals surface area contributed by atoms with Crippen LogP contribution in [0.4, 0.5) is 0 Å². The predicted octanol–water partition coefficient (Wildman–Crippen LogP) is 3.56. The van der Waals surface area contributed by atoms with Crippen molar-refractivity contribution in [3.8, 4) is 0 Å². The van der Waals surface area contributed by atoms with Gasteiger partial charge in [0, 0.05) is 40.1 Å². The van der Waals surface area contributed by atoms with Gasteiger partial charge in [0.1, 0.15) is 0 Å². The van der Waals surface area contributed by atoms with Crippen molar-refractivity contribution in [2.45, 2.75) is 70.3 Å². The average molecular weight is 316 g/mol. The molecule has 0 aromatic carbocycles. The molecule has 4 heteroatoms. The number of rotatable bonds is 14. The largest absolute Gasteiger partial charge is 0.396 e. The Bertz CT molecular complexity index is 227. The van der Waals surface area contributed by atoms with E-state index in [2.05, 4.69) is 0 Å². The zero-order valence-electron chi connectivity index (χ0n) is 14.4. The second-order valence-corrected chi connectivity index (χ2v) is 6.43. The average Bonchev–Trinajstić information content (AvgIpc) is 2.55. The van der Waals surface area contributed by atoms with Crippen LogP contribution in [0, 0.1) is 5.92 Å². The van der Waals surface area contributed by atoms with Gasteiger partial charge in [-0.1, -0.05) is 12.8 Å². The Labute approximate surface area is 136 Å². The van der Waals surface area contributed by atoms with Crippen molar-refractivity contribution < 1.29 is 19.3 Å². The predicted molar refractivity (Wildman–Crippen MR) is 89.2 cm³/mol. The number of unbranched alkanes of at least 4 members (excludes halogenated alkanes) is 4. The Kier molecular flexibility index (Phi) is 13.0. The Hall–Kier alpha value is -0.160. The van der Waals surface area contributed by atoms with Gasteiger partial charge in [0.05, 0.1) is 6.10 Å². The Morgan fingerprint density at radius 2 is 1.50 bits per heavy atom. The third-order valence-electron chi connectivity index (χ3n) is 4.44. The van der Waals surface area contributed by atoms with Gasteiger partial charge in [0.15, 0.2) is 0 Å². The lowest BCUT2D eigenvalue weighted by Crippen LogP contribution is -2.24. The lowest BCUT2D eigenvalue weighted by atomic mass is 9.88. The molecule has 1 saturated carbocycles. The lowest BCUT2D eigenvalue weighted by molar-refractivity contribution is -0.000196. The van der Waals surface area contributed by atoms with Gasteiger partial charge in [-0.3, -0.25) is 0 Å². The molecule has 1 aliphatic carbocycles. The summed E-state index contributed by atoms with van der Waals surface area (Å²) in [5.41, 5.74) is 0. The van der Waals surface area contributed by atoms with Crippen LogP contribution < -0.4 is 0 Å². The van der Waals surface area contributed by atoms with Gasteiger partial charge in [0.25, 0.3) is 0 Å². The molecule has 0 unspecified atom stereocenters. The molecule has 0 spiro atoms. The van der Waals surface area contributed by atoms with Crippen LogP contribution in [0.5, 0.6) is 0 Å². The van der Waals surface area contributed by atoms with E-state index >= 15 is 0 Å². The zero-order valence-corrected chi connectivity index (χ0v) is 14.4. The molecule has 0 atom stereocenters. The summed E-state index contributed by atoms with van der Waals surface area (Å²) >= 11 is 0. The second-order valence-electron chi connectivity index (χ2n) is 6.43. The topological polar surface area (TPSA) is 47.9 Å². The summed E-state index contributed by atoms with van der Waals surface area (Å²) in [6.45, 7) is 3.79. The maximum Gasteiger partial charge on any atom is 0.0575 e. The first kappa shape index (κ1) is 19.9. The molecular weight excluding hydrogens is 280 g/mol. The molecular formula is C18H36O4. The van der Waals surface area contributed by atoms with Crippen LogP contribution in [0.1, 0.15) is 64.2 Å². The highest BCUT2D eigenvalue weighted by molar-refractivity contribution is 4.72. The van der Waals surface area contributed by atoms with Crippen molar-refractivity contribution in [2.75, 3.05) is 40.1 Å². The van der Waals surface area contributed by atoms with E-state index < -0.39 is 0 Å². The molecule has 4 nitrogen and oxygen atoms in total. The minimum Gasteiger partial charge on any atom is -0.396 e. The second kappa shape index (κ2) is 14.4. The van der Waals surface area contributed by atoms with Crippen LogP contribution >= 0.6 is 0 Å². The highest BCUT2D eigenvalue weighted by atomic mass is 16.5. The first-order chi connectivity index (χ1) is 10.9. The van der Waals surface area contributed by atoms with E-state index in [1.807, 2.05) is 0 Å². The monoisotopic (exact) mass is 316 g/mol. The number of aliphatic hydroxyl groups excluding tert-OH is 1. The molecule has 0 amide bonds. The Morgan fingerprint density at radius 1 is 0.818 bits per heavy atom. The SMILES string of the molecule is COCCCCCCOCC1CCC(OCCCCO)CC1. The summed E-state index contributed by atoms with van der Waals surface area (Å²) in [7, 11) is 1.76. The fraction of sp³-hybridized carbons (Fsp3) is 1.00.